The Morgan fingerprint density at radius 3 is 2.33 bits per heavy atom. The van der Waals surface area contributed by atoms with Crippen molar-refractivity contribution in [3.05, 3.63) is 88.9 Å². The lowest BCUT2D eigenvalue weighted by molar-refractivity contribution is -0.122. The number of hydrogen-bond donors (Lipinski definition) is 2. The van der Waals surface area contributed by atoms with E-state index in [1.165, 1.54) is 12.1 Å². The number of halogens is 1. The predicted octanol–water partition coefficient (Wildman–Crippen LogP) is 4.46. The van der Waals surface area contributed by atoms with E-state index in [0.29, 0.717) is 29.0 Å². The molecule has 0 spiro atoms. The molecule has 2 N–H and O–H groups in total. The van der Waals surface area contributed by atoms with Gasteiger partial charge in [-0.2, -0.15) is 5.26 Å². The molecular weight excluding hydrogens is 440 g/mol. The molecule has 0 bridgehead atoms. The minimum Gasteiger partial charge on any atom is -0.326 e. The Morgan fingerprint density at radius 1 is 0.970 bits per heavy atom. The van der Waals surface area contributed by atoms with Crippen molar-refractivity contribution in [3.8, 4) is 6.07 Å². The van der Waals surface area contributed by atoms with Gasteiger partial charge in [0.05, 0.1) is 16.5 Å². The maximum absolute atomic E-state index is 12.7. The molecule has 1 atom stereocenters. The van der Waals surface area contributed by atoms with E-state index >= 15 is 0 Å². The van der Waals surface area contributed by atoms with Gasteiger partial charge in [-0.15, -0.1) is 0 Å². The van der Waals surface area contributed by atoms with Crippen LogP contribution in [0.25, 0.3) is 0 Å². The number of para-hydroxylation sites is 1. The average molecular weight is 459 g/mol. The zero-order valence-electron chi connectivity index (χ0n) is 17.4. The summed E-state index contributed by atoms with van der Waals surface area (Å²) >= 11 is 6.00. The standard InChI is InChI=1S/C25H19ClN4O3/c26-22-13-20(11-8-17(22)14-27)29-24(32)16-6-9-19(10-7-16)28-25(33)18-12-23(31)30(15-18)21-4-2-1-3-5-21/h1-11,13,18H,12,15H2,(H,28,33)(H,29,32). The van der Waals surface area contributed by atoms with Crippen LogP contribution in [0.2, 0.25) is 5.02 Å². The quantitative estimate of drug-likeness (QED) is 0.589. The fraction of sp³-hybridized carbons (Fsp3) is 0.120. The molecule has 0 aliphatic carbocycles. The number of benzene rings is 3. The highest BCUT2D eigenvalue weighted by Crippen LogP contribution is 2.26. The summed E-state index contributed by atoms with van der Waals surface area (Å²) in [5, 5.41) is 14.7. The minimum absolute atomic E-state index is 0.0868. The van der Waals surface area contributed by atoms with Gasteiger partial charge in [0.15, 0.2) is 0 Å². The van der Waals surface area contributed by atoms with Crippen molar-refractivity contribution < 1.29 is 14.4 Å². The molecule has 4 rings (SSSR count). The van der Waals surface area contributed by atoms with Gasteiger partial charge in [0.25, 0.3) is 5.91 Å². The molecular formula is C25H19ClN4O3. The van der Waals surface area contributed by atoms with Crippen LogP contribution < -0.4 is 15.5 Å². The molecule has 1 aliphatic rings. The van der Waals surface area contributed by atoms with Gasteiger partial charge in [-0.05, 0) is 54.6 Å². The highest BCUT2D eigenvalue weighted by molar-refractivity contribution is 6.32. The molecule has 1 fully saturated rings. The van der Waals surface area contributed by atoms with Crippen molar-refractivity contribution in [2.24, 2.45) is 5.92 Å². The number of hydrogen-bond acceptors (Lipinski definition) is 4. The van der Waals surface area contributed by atoms with Gasteiger partial charge in [-0.3, -0.25) is 14.4 Å². The summed E-state index contributed by atoms with van der Waals surface area (Å²) < 4.78 is 0. The first-order valence-electron chi connectivity index (χ1n) is 10.2. The SMILES string of the molecule is N#Cc1ccc(NC(=O)c2ccc(NC(=O)C3CC(=O)N(c4ccccc4)C3)cc2)cc1Cl. The number of nitrogens with zero attached hydrogens (tertiary/aromatic N) is 2. The maximum atomic E-state index is 12.7. The second-order valence-corrected chi connectivity index (χ2v) is 7.98. The Balaban J connectivity index is 1.36. The van der Waals surface area contributed by atoms with Gasteiger partial charge in [0.1, 0.15) is 6.07 Å². The summed E-state index contributed by atoms with van der Waals surface area (Å²) in [4.78, 5) is 39.1. The molecule has 3 aromatic carbocycles. The van der Waals surface area contributed by atoms with Gasteiger partial charge < -0.3 is 15.5 Å². The molecule has 1 unspecified atom stereocenters. The molecule has 1 saturated heterocycles. The number of nitrogens with one attached hydrogen (secondary N) is 2. The molecule has 0 aromatic heterocycles. The van der Waals surface area contributed by atoms with Gasteiger partial charge in [0, 0.05) is 35.6 Å². The highest BCUT2D eigenvalue weighted by atomic mass is 35.5. The summed E-state index contributed by atoms with van der Waals surface area (Å²) in [5.74, 6) is -1.14. The predicted molar refractivity (Wildman–Crippen MR) is 126 cm³/mol. The molecule has 3 amide bonds. The van der Waals surface area contributed by atoms with Crippen LogP contribution in [0.5, 0.6) is 0 Å². The fourth-order valence-corrected chi connectivity index (χ4v) is 3.80. The molecule has 3 aromatic rings. The van der Waals surface area contributed by atoms with E-state index in [-0.39, 0.29) is 29.2 Å². The van der Waals surface area contributed by atoms with Crippen molar-refractivity contribution in [3.63, 3.8) is 0 Å². The third kappa shape index (κ3) is 5.03. The molecule has 8 heteroatoms. The molecule has 1 heterocycles. The summed E-state index contributed by atoms with van der Waals surface area (Å²) in [5.41, 5.74) is 2.49. The van der Waals surface area contributed by atoms with Crippen LogP contribution in [0.4, 0.5) is 17.1 Å². The Labute approximate surface area is 195 Å². The summed E-state index contributed by atoms with van der Waals surface area (Å²) in [6, 6.07) is 22.3. The van der Waals surface area contributed by atoms with Crippen LogP contribution >= 0.6 is 11.6 Å². The number of anilines is 3. The van der Waals surface area contributed by atoms with Crippen LogP contribution in [-0.2, 0) is 9.59 Å². The first kappa shape index (κ1) is 22.1. The van der Waals surface area contributed by atoms with Gasteiger partial charge >= 0.3 is 0 Å². The Kier molecular flexibility index (Phi) is 6.38. The normalized spacial score (nSPS) is 15.1. The van der Waals surface area contributed by atoms with E-state index in [1.54, 1.807) is 35.2 Å². The van der Waals surface area contributed by atoms with E-state index < -0.39 is 5.92 Å². The Hall–Kier alpha value is -4.15. The van der Waals surface area contributed by atoms with Crippen molar-refractivity contribution in [1.82, 2.24) is 0 Å². The van der Waals surface area contributed by atoms with Crippen molar-refractivity contribution >= 4 is 46.4 Å². The smallest absolute Gasteiger partial charge is 0.255 e. The van der Waals surface area contributed by atoms with Crippen molar-refractivity contribution in [2.75, 3.05) is 22.1 Å². The van der Waals surface area contributed by atoms with Crippen LogP contribution in [0.15, 0.2) is 72.8 Å². The molecule has 7 nitrogen and oxygen atoms in total. The van der Waals surface area contributed by atoms with Gasteiger partial charge in [-0.25, -0.2) is 0 Å². The van der Waals surface area contributed by atoms with Crippen molar-refractivity contribution in [2.45, 2.75) is 6.42 Å². The van der Waals surface area contributed by atoms with E-state index in [0.717, 1.165) is 5.69 Å². The topological polar surface area (TPSA) is 102 Å². The Bertz CT molecular complexity index is 1250. The van der Waals surface area contributed by atoms with E-state index in [2.05, 4.69) is 10.6 Å². The third-order valence-electron chi connectivity index (χ3n) is 5.33. The lowest BCUT2D eigenvalue weighted by atomic mass is 10.1. The highest BCUT2D eigenvalue weighted by Gasteiger charge is 2.35. The second kappa shape index (κ2) is 9.55. The maximum Gasteiger partial charge on any atom is 0.255 e. The van der Waals surface area contributed by atoms with Gasteiger partial charge in [-0.1, -0.05) is 29.8 Å². The van der Waals surface area contributed by atoms with Crippen LogP contribution in [0.1, 0.15) is 22.3 Å². The lowest BCUT2D eigenvalue weighted by Gasteiger charge is -2.16. The number of amides is 3. The molecule has 164 valence electrons. The van der Waals surface area contributed by atoms with Gasteiger partial charge in [0.2, 0.25) is 11.8 Å². The first-order valence-corrected chi connectivity index (χ1v) is 10.6. The minimum atomic E-state index is -0.457. The average Bonchev–Trinajstić information content (AvgIpc) is 3.22. The second-order valence-electron chi connectivity index (χ2n) is 7.57. The number of rotatable bonds is 5. The number of nitriles is 1. The summed E-state index contributed by atoms with van der Waals surface area (Å²) in [6.45, 7) is 0.322. The van der Waals surface area contributed by atoms with Crippen LogP contribution in [0.3, 0.4) is 0 Å². The summed E-state index contributed by atoms with van der Waals surface area (Å²) in [6.07, 6.45) is 0.147. The largest absolute Gasteiger partial charge is 0.326 e. The van der Waals surface area contributed by atoms with Crippen LogP contribution in [0, 0.1) is 17.2 Å². The molecule has 0 radical (unpaired) electrons. The molecule has 0 saturated carbocycles. The fourth-order valence-electron chi connectivity index (χ4n) is 3.58. The first-order chi connectivity index (χ1) is 15.9. The monoisotopic (exact) mass is 458 g/mol. The molecule has 1 aliphatic heterocycles. The number of carbonyl (C=O) groups is 3. The molecule has 33 heavy (non-hydrogen) atoms. The summed E-state index contributed by atoms with van der Waals surface area (Å²) in [7, 11) is 0. The number of carbonyl (C=O) groups excluding carboxylic acids is 3. The van der Waals surface area contributed by atoms with E-state index in [4.69, 9.17) is 16.9 Å². The lowest BCUT2D eigenvalue weighted by Crippen LogP contribution is -2.28. The van der Waals surface area contributed by atoms with Crippen LogP contribution in [-0.4, -0.2) is 24.3 Å². The zero-order valence-corrected chi connectivity index (χ0v) is 18.2. The van der Waals surface area contributed by atoms with E-state index in [1.807, 2.05) is 36.4 Å². The van der Waals surface area contributed by atoms with E-state index in [9.17, 15) is 14.4 Å². The van der Waals surface area contributed by atoms with Crippen molar-refractivity contribution in [1.29, 1.82) is 5.26 Å². The Morgan fingerprint density at radius 2 is 1.67 bits per heavy atom. The third-order valence-corrected chi connectivity index (χ3v) is 5.64. The zero-order chi connectivity index (χ0) is 23.4.